The summed E-state index contributed by atoms with van der Waals surface area (Å²) in [6, 6.07) is 109. The summed E-state index contributed by atoms with van der Waals surface area (Å²) in [5.74, 6) is -1.13. The van der Waals surface area contributed by atoms with E-state index in [2.05, 4.69) is 286 Å². The number of aryl methyl sites for hydroxylation is 2. The molecule has 0 amide bonds. The summed E-state index contributed by atoms with van der Waals surface area (Å²) in [6.07, 6.45) is 7.29. The Hall–Kier alpha value is -14.8. The number of pyridine rings is 2. The monoisotopic (exact) mass is 1760 g/mol. The van der Waals surface area contributed by atoms with E-state index < -0.39 is 0 Å². The number of thiophene rings is 4. The summed E-state index contributed by atoms with van der Waals surface area (Å²) >= 11 is 6.74. The van der Waals surface area contributed by atoms with Crippen LogP contribution in [0.1, 0.15) is 163 Å². The Balaban J connectivity index is 0.000000114. The minimum atomic E-state index is -0.264. The zero-order chi connectivity index (χ0) is 88.9. The lowest BCUT2D eigenvalue weighted by molar-refractivity contribution is 0.0975. The van der Waals surface area contributed by atoms with Crippen LogP contribution in [0.4, 0.5) is 50.5 Å². The Morgan fingerprint density at radius 1 is 0.262 bits per heavy atom. The van der Waals surface area contributed by atoms with Crippen molar-refractivity contribution in [2.75, 3.05) is 14.7 Å². The van der Waals surface area contributed by atoms with Crippen molar-refractivity contribution in [1.82, 2.24) is 9.97 Å². The summed E-state index contributed by atoms with van der Waals surface area (Å²) in [5.41, 5.74) is 25.5. The van der Waals surface area contributed by atoms with E-state index in [1.807, 2.05) is 44.3 Å². The molecule has 6 aromatic heterocycles. The molecule has 0 aliphatic heterocycles. The van der Waals surface area contributed by atoms with Crippen LogP contribution in [0, 0.1) is 13.8 Å². The molecule has 6 aliphatic carbocycles. The SMILES string of the molecule is CC1(C)c2cc(N(c3ccccc3)c3cc4ccccc4s3)ccc2-c2sc(C=C3C(=O)c4ccccc4C3=O)cc21.CC1(C)c2cc(N(c3ccccc3)c3cnc4ccccc4c3)ccc2-c2sc(C=C3C(=O)c4ccccc4C3=O)cc21.Cc1cc(N(c2ccc3c(c2)C(C)(C)c2cc(C=C4C(=O)c5ccccc5C4=O)sc2-3)c2ccc3ccccc3c2)cc(C)n1. The molecular formula is C115H81N5O6S4. The average Bonchev–Trinajstić information content (AvgIpc) is 1.57. The number of aromatic nitrogens is 2. The van der Waals surface area contributed by atoms with Crippen LogP contribution in [0.2, 0.25) is 0 Å². The van der Waals surface area contributed by atoms with Gasteiger partial charge in [0.2, 0.25) is 0 Å². The predicted octanol–water partition coefficient (Wildman–Crippen LogP) is 29.9. The molecule has 0 bridgehead atoms. The number of carbonyl (C=O) groups excluding carboxylic acids is 6. The number of fused-ring (bicyclic) bond motifs is 15. The fraction of sp³-hybridized carbons (Fsp3) is 0.0957. The van der Waals surface area contributed by atoms with Crippen molar-refractivity contribution in [2.45, 2.75) is 71.6 Å². The topological polar surface area (TPSA) is 138 Å². The van der Waals surface area contributed by atoms with E-state index in [1.54, 1.807) is 136 Å². The minimum Gasteiger partial charge on any atom is -0.310 e. The van der Waals surface area contributed by atoms with Crippen molar-refractivity contribution in [1.29, 1.82) is 0 Å². The molecule has 0 saturated carbocycles. The number of rotatable bonds is 12. The number of Topliss-reactive ketones (excluding diaryl/α,β-unsaturated/α-hetero) is 6. The number of ketones is 6. The highest BCUT2D eigenvalue weighted by Gasteiger charge is 2.44. The number of hydrogen-bond acceptors (Lipinski definition) is 15. The maximum absolute atomic E-state index is 13.1. The second-order valence-electron chi connectivity index (χ2n) is 35.4. The van der Waals surface area contributed by atoms with Crippen molar-refractivity contribution in [3.63, 3.8) is 0 Å². The number of para-hydroxylation sites is 3. The fourth-order valence-electron chi connectivity index (χ4n) is 19.6. The van der Waals surface area contributed by atoms with Gasteiger partial charge in [0, 0.05) is 140 Å². The van der Waals surface area contributed by atoms with E-state index in [0.717, 1.165) is 82.4 Å². The van der Waals surface area contributed by atoms with Gasteiger partial charge >= 0.3 is 0 Å². The third-order valence-corrected chi connectivity index (χ3v) is 30.6. The first-order chi connectivity index (χ1) is 63.0. The molecule has 0 N–H and O–H groups in total. The van der Waals surface area contributed by atoms with Crippen LogP contribution < -0.4 is 14.7 Å². The van der Waals surface area contributed by atoms with Gasteiger partial charge in [-0.3, -0.25) is 38.7 Å². The molecule has 0 atom stereocenters. The lowest BCUT2D eigenvalue weighted by atomic mass is 9.82. The molecule has 0 fully saturated rings. The molecule has 12 aromatic carbocycles. The molecule has 11 nitrogen and oxygen atoms in total. The standard InChI is InChI=1S/C40H30N2O2S.C38H26N2O2S.C37H25NO2S2/c1-23-17-29(18-24(2)41-23)42(27-14-13-25-9-5-6-10-26(25)19-27)28-15-16-33-35(20-28)40(3,4)36-22-30(45-39(33)36)21-34-37(43)31-11-7-8-12-32(31)38(34)44;1-38(2)32-19-25(40(24-11-4-3-5-12-24)26-18-23-10-6-9-15-34(23)39-22-26)16-17-30(32)37-33(38)21-27(43-37)20-31-35(41)28-13-7-8-14-29(28)36(31)42;1-37(2)30-19-24(38(23-11-4-3-5-12-23)33-18-22-10-6-9-15-32(22)42-33)16-17-28(30)36-31(37)21-25(41-36)20-29-34(39)26-13-7-8-14-27(26)35(29)40/h5-22H,1-4H3;3-22H,1-2H3;3-21H,1-2H3. The molecular weight excluding hydrogens is 1680 g/mol. The van der Waals surface area contributed by atoms with E-state index in [-0.39, 0.29) is 67.7 Å². The second kappa shape index (κ2) is 31.3. The quantitative estimate of drug-likeness (QED) is 0.0853. The third-order valence-electron chi connectivity index (χ3n) is 26.2. The van der Waals surface area contributed by atoms with Gasteiger partial charge in [0.05, 0.1) is 34.1 Å². The van der Waals surface area contributed by atoms with E-state index in [4.69, 9.17) is 4.98 Å². The van der Waals surface area contributed by atoms with Crippen molar-refractivity contribution >= 4 is 181 Å². The largest absolute Gasteiger partial charge is 0.310 e. The van der Waals surface area contributed by atoms with Gasteiger partial charge in [0.25, 0.3) is 0 Å². The summed E-state index contributed by atoms with van der Waals surface area (Å²) in [5, 5.41) is 5.90. The van der Waals surface area contributed by atoms with Crippen LogP contribution in [0.3, 0.4) is 0 Å². The van der Waals surface area contributed by atoms with E-state index in [1.165, 1.54) is 90.6 Å². The fourth-order valence-corrected chi connectivity index (χ4v) is 24.6. The predicted molar refractivity (Wildman–Crippen MR) is 534 cm³/mol. The average molecular weight is 1760 g/mol. The highest BCUT2D eigenvalue weighted by atomic mass is 32.1. The molecule has 6 aliphatic rings. The Bertz CT molecular complexity index is 7860. The molecule has 15 heteroatoms. The number of allylic oxidation sites excluding steroid dienone is 3. The summed E-state index contributed by atoms with van der Waals surface area (Å²) < 4.78 is 1.26. The highest BCUT2D eigenvalue weighted by molar-refractivity contribution is 7.23. The van der Waals surface area contributed by atoms with Gasteiger partial charge in [-0.15, -0.1) is 45.3 Å². The van der Waals surface area contributed by atoms with Crippen LogP contribution >= 0.6 is 45.3 Å². The van der Waals surface area contributed by atoms with Gasteiger partial charge in [0.15, 0.2) is 34.7 Å². The van der Waals surface area contributed by atoms with Crippen LogP contribution in [-0.2, 0) is 16.2 Å². The van der Waals surface area contributed by atoms with Gasteiger partial charge in [-0.2, -0.15) is 0 Å². The Kier molecular flexibility index (Phi) is 19.5. The van der Waals surface area contributed by atoms with Crippen molar-refractivity contribution < 1.29 is 28.8 Å². The number of nitrogens with zero attached hydrogens (tertiary/aromatic N) is 5. The van der Waals surface area contributed by atoms with Gasteiger partial charge in [0.1, 0.15) is 5.00 Å². The lowest BCUT2D eigenvalue weighted by Crippen LogP contribution is -2.16. The summed E-state index contributed by atoms with van der Waals surface area (Å²) in [6.45, 7) is 17.6. The number of carbonyl (C=O) groups is 6. The van der Waals surface area contributed by atoms with Gasteiger partial charge < -0.3 is 14.7 Å². The minimum absolute atomic E-state index is 0.185. The summed E-state index contributed by atoms with van der Waals surface area (Å²) in [7, 11) is 0. The zero-order valence-corrected chi connectivity index (χ0v) is 75.5. The number of hydrogen-bond donors (Lipinski definition) is 0. The lowest BCUT2D eigenvalue weighted by Gasteiger charge is -2.28. The number of anilines is 9. The molecule has 6 heterocycles. The molecule has 626 valence electrons. The molecule has 0 unspecified atom stereocenters. The molecule has 130 heavy (non-hydrogen) atoms. The van der Waals surface area contributed by atoms with Gasteiger partial charge in [-0.1, -0.05) is 236 Å². The first kappa shape index (κ1) is 81.0. The van der Waals surface area contributed by atoms with Gasteiger partial charge in [-0.05, 0) is 226 Å². The van der Waals surface area contributed by atoms with Crippen molar-refractivity contribution in [2.24, 2.45) is 0 Å². The highest BCUT2D eigenvalue weighted by Crippen LogP contribution is 2.59. The molecule has 24 rings (SSSR count). The Morgan fingerprint density at radius 2 is 0.600 bits per heavy atom. The second-order valence-corrected chi connectivity index (χ2v) is 39.7. The van der Waals surface area contributed by atoms with E-state index >= 15 is 0 Å². The molecule has 0 radical (unpaired) electrons. The van der Waals surface area contributed by atoms with E-state index in [0.29, 0.717) is 33.4 Å². The van der Waals surface area contributed by atoms with Crippen LogP contribution in [0.15, 0.2) is 344 Å². The Labute approximate surface area is 768 Å². The normalized spacial score (nSPS) is 14.5. The smallest absolute Gasteiger partial charge is 0.197 e. The number of benzene rings is 12. The third kappa shape index (κ3) is 13.5. The Morgan fingerprint density at radius 3 is 1.03 bits per heavy atom. The molecule has 0 saturated heterocycles. The van der Waals surface area contributed by atoms with Crippen LogP contribution in [0.5, 0.6) is 0 Å². The molecule has 0 spiro atoms. The van der Waals surface area contributed by atoms with E-state index in [9.17, 15) is 28.8 Å². The maximum atomic E-state index is 13.1. The van der Waals surface area contributed by atoms with Crippen LogP contribution in [-0.4, -0.2) is 44.7 Å². The van der Waals surface area contributed by atoms with Crippen LogP contribution in [0.25, 0.3) is 81.3 Å². The maximum Gasteiger partial charge on any atom is 0.197 e. The van der Waals surface area contributed by atoms with Crippen molar-refractivity contribution in [3.8, 4) is 31.3 Å². The zero-order valence-electron chi connectivity index (χ0n) is 72.2. The first-order valence-corrected chi connectivity index (χ1v) is 46.6. The first-order valence-electron chi connectivity index (χ1n) is 43.3. The summed E-state index contributed by atoms with van der Waals surface area (Å²) in [4.78, 5) is 101. The van der Waals surface area contributed by atoms with Crippen molar-refractivity contribution in [3.05, 3.63) is 437 Å². The van der Waals surface area contributed by atoms with Gasteiger partial charge in [-0.25, -0.2) is 0 Å². The molecule has 18 aromatic rings.